The van der Waals surface area contributed by atoms with E-state index in [0.717, 1.165) is 17.7 Å². The third kappa shape index (κ3) is 10.5. The highest BCUT2D eigenvalue weighted by Crippen LogP contribution is 2.20. The minimum absolute atomic E-state index is 0.0282. The van der Waals surface area contributed by atoms with Crippen molar-refractivity contribution in [2.45, 2.75) is 19.3 Å². The molecule has 0 aromatic heterocycles. The molecule has 0 atom stereocenters. The van der Waals surface area contributed by atoms with Crippen LogP contribution in [0.3, 0.4) is 0 Å². The lowest BCUT2D eigenvalue weighted by atomic mass is 10.2. The molecule has 29 heavy (non-hydrogen) atoms. The molecule has 0 radical (unpaired) electrons. The van der Waals surface area contributed by atoms with E-state index >= 15 is 0 Å². The largest absolute Gasteiger partial charge is 0.497 e. The number of carbonyl (C=O) groups is 1. The summed E-state index contributed by atoms with van der Waals surface area (Å²) >= 11 is 11.2. The molecule has 0 aliphatic carbocycles. The number of rotatable bonds is 8. The highest BCUT2D eigenvalue weighted by Gasteiger charge is 2.11. The topological polar surface area (TPSA) is 72.9 Å². The molecule has 0 bridgehead atoms. The Labute approximate surface area is 182 Å². The first-order valence-corrected chi connectivity index (χ1v) is 11.4. The quantitative estimate of drug-likeness (QED) is 0.416. The molecule has 9 heteroatoms. The Morgan fingerprint density at radius 2 is 1.55 bits per heavy atom. The summed E-state index contributed by atoms with van der Waals surface area (Å²) in [6.07, 6.45) is 2.45. The molecule has 160 valence electrons. The summed E-state index contributed by atoms with van der Waals surface area (Å²) in [5.41, 5.74) is 0.785. The van der Waals surface area contributed by atoms with E-state index in [1.54, 1.807) is 43.3 Å². The summed E-state index contributed by atoms with van der Waals surface area (Å²) in [6.45, 7) is 0.109. The molecule has 0 saturated heterocycles. The SMILES string of the molecule is COc1ccc(N(C)C(=O)CCCCOS(C)(=O)=O)cc1.Clc1ccccc1Cl. The van der Waals surface area contributed by atoms with Crippen LogP contribution in [-0.2, 0) is 19.1 Å². The molecule has 0 fully saturated rings. The van der Waals surface area contributed by atoms with Crippen molar-refractivity contribution in [3.63, 3.8) is 0 Å². The Balaban J connectivity index is 0.000000436. The number of unbranched alkanes of at least 4 members (excludes halogenated alkanes) is 1. The maximum Gasteiger partial charge on any atom is 0.264 e. The molecule has 0 heterocycles. The predicted molar refractivity (Wildman–Crippen MR) is 118 cm³/mol. The normalized spacial score (nSPS) is 10.7. The predicted octanol–water partition coefficient (Wildman–Crippen LogP) is 4.80. The molecular formula is C20H25Cl2NO5S. The van der Waals surface area contributed by atoms with Gasteiger partial charge in [-0.2, -0.15) is 8.42 Å². The Morgan fingerprint density at radius 1 is 1.00 bits per heavy atom. The van der Waals surface area contributed by atoms with Crippen LogP contribution in [0.2, 0.25) is 10.0 Å². The Kier molecular flexibility index (Phi) is 11.0. The molecule has 6 nitrogen and oxygen atoms in total. The summed E-state index contributed by atoms with van der Waals surface area (Å²) in [4.78, 5) is 13.6. The first kappa shape index (κ1) is 25.2. The van der Waals surface area contributed by atoms with Gasteiger partial charge in [0, 0.05) is 19.2 Å². The number of methoxy groups -OCH3 is 1. The van der Waals surface area contributed by atoms with Gasteiger partial charge in [0.05, 0.1) is 30.0 Å². The number of benzene rings is 2. The molecule has 0 unspecified atom stereocenters. The van der Waals surface area contributed by atoms with E-state index in [4.69, 9.17) is 27.9 Å². The lowest BCUT2D eigenvalue weighted by molar-refractivity contribution is -0.118. The van der Waals surface area contributed by atoms with E-state index in [1.807, 2.05) is 24.3 Å². The van der Waals surface area contributed by atoms with E-state index in [0.29, 0.717) is 29.3 Å². The molecule has 0 aliphatic rings. The minimum atomic E-state index is -3.40. The molecular weight excluding hydrogens is 437 g/mol. The number of halogens is 2. The number of anilines is 1. The van der Waals surface area contributed by atoms with Crippen LogP contribution in [-0.4, -0.2) is 41.3 Å². The number of nitrogens with zero attached hydrogens (tertiary/aromatic N) is 1. The van der Waals surface area contributed by atoms with Gasteiger partial charge in [-0.1, -0.05) is 35.3 Å². The first-order chi connectivity index (χ1) is 13.6. The van der Waals surface area contributed by atoms with Crippen LogP contribution >= 0.6 is 23.2 Å². The summed E-state index contributed by atoms with van der Waals surface area (Å²) < 4.78 is 31.2. The fourth-order valence-corrected chi connectivity index (χ4v) is 2.84. The Morgan fingerprint density at radius 3 is 2.00 bits per heavy atom. The zero-order valence-corrected chi connectivity index (χ0v) is 18.9. The van der Waals surface area contributed by atoms with E-state index in [1.165, 1.54) is 0 Å². The standard InChI is InChI=1S/C14H21NO5S.C6H4Cl2/c1-15(12-7-9-13(19-2)10-8-12)14(16)6-4-5-11-20-21(3,17)18;7-5-3-1-2-4-6(5)8/h7-10H,4-6,11H2,1-3H3;1-4H. The van der Waals surface area contributed by atoms with Crippen LogP contribution in [0.25, 0.3) is 0 Å². The van der Waals surface area contributed by atoms with Gasteiger partial charge in [-0.25, -0.2) is 0 Å². The molecule has 0 spiro atoms. The Hall–Kier alpha value is -1.80. The highest BCUT2D eigenvalue weighted by molar-refractivity contribution is 7.85. The fourth-order valence-electron chi connectivity index (χ4n) is 2.15. The van der Waals surface area contributed by atoms with Crippen molar-refractivity contribution in [3.05, 3.63) is 58.6 Å². The lowest BCUT2D eigenvalue weighted by Gasteiger charge is -2.17. The summed E-state index contributed by atoms with van der Waals surface area (Å²) in [5, 5.41) is 1.21. The summed E-state index contributed by atoms with van der Waals surface area (Å²) in [6, 6.07) is 14.4. The van der Waals surface area contributed by atoms with Crippen LogP contribution < -0.4 is 9.64 Å². The zero-order valence-electron chi connectivity index (χ0n) is 16.6. The van der Waals surface area contributed by atoms with E-state index in [-0.39, 0.29) is 12.5 Å². The van der Waals surface area contributed by atoms with Crippen molar-refractivity contribution in [2.24, 2.45) is 0 Å². The molecule has 2 rings (SSSR count). The van der Waals surface area contributed by atoms with Crippen molar-refractivity contribution in [1.29, 1.82) is 0 Å². The number of amides is 1. The van der Waals surface area contributed by atoms with Crippen molar-refractivity contribution in [3.8, 4) is 5.75 Å². The van der Waals surface area contributed by atoms with E-state index in [2.05, 4.69) is 4.18 Å². The fraction of sp³-hybridized carbons (Fsp3) is 0.350. The maximum absolute atomic E-state index is 12.0. The summed E-state index contributed by atoms with van der Waals surface area (Å²) in [5.74, 6) is 0.706. The second-order valence-electron chi connectivity index (χ2n) is 6.05. The number of ether oxygens (including phenoxy) is 1. The first-order valence-electron chi connectivity index (χ1n) is 8.79. The van der Waals surface area contributed by atoms with Crippen LogP contribution in [0.1, 0.15) is 19.3 Å². The number of carbonyl (C=O) groups excluding carboxylic acids is 1. The second-order valence-corrected chi connectivity index (χ2v) is 8.51. The highest BCUT2D eigenvalue weighted by atomic mass is 35.5. The average Bonchev–Trinajstić information content (AvgIpc) is 2.69. The van der Waals surface area contributed by atoms with Crippen molar-refractivity contribution in [1.82, 2.24) is 0 Å². The van der Waals surface area contributed by atoms with Crippen molar-refractivity contribution < 1.29 is 22.1 Å². The van der Waals surface area contributed by atoms with Gasteiger partial charge in [0.1, 0.15) is 5.75 Å². The monoisotopic (exact) mass is 461 g/mol. The molecule has 0 N–H and O–H groups in total. The van der Waals surface area contributed by atoms with E-state index < -0.39 is 10.1 Å². The van der Waals surface area contributed by atoms with Crippen LogP contribution in [0.5, 0.6) is 5.75 Å². The van der Waals surface area contributed by atoms with Crippen molar-refractivity contribution >= 4 is 44.9 Å². The molecule has 1 amide bonds. The van der Waals surface area contributed by atoms with Crippen LogP contribution in [0.15, 0.2) is 48.5 Å². The average molecular weight is 462 g/mol. The molecule has 0 aliphatic heterocycles. The van der Waals surface area contributed by atoms with Gasteiger partial charge in [0.25, 0.3) is 10.1 Å². The van der Waals surface area contributed by atoms with Crippen molar-refractivity contribution in [2.75, 3.05) is 31.9 Å². The van der Waals surface area contributed by atoms with Crippen LogP contribution in [0.4, 0.5) is 5.69 Å². The van der Waals surface area contributed by atoms with Gasteiger partial charge in [-0.15, -0.1) is 0 Å². The van der Waals surface area contributed by atoms with Gasteiger partial charge >= 0.3 is 0 Å². The molecule has 2 aromatic carbocycles. The molecule has 0 saturated carbocycles. The summed E-state index contributed by atoms with van der Waals surface area (Å²) in [7, 11) is -0.107. The Bertz CT molecular complexity index is 852. The number of hydrogen-bond acceptors (Lipinski definition) is 5. The minimum Gasteiger partial charge on any atom is -0.497 e. The van der Waals surface area contributed by atoms with E-state index in [9.17, 15) is 13.2 Å². The molecule has 2 aromatic rings. The van der Waals surface area contributed by atoms with Gasteiger partial charge in [-0.3, -0.25) is 8.98 Å². The van der Waals surface area contributed by atoms with Gasteiger partial charge in [0.2, 0.25) is 5.91 Å². The maximum atomic E-state index is 12.0. The lowest BCUT2D eigenvalue weighted by Crippen LogP contribution is -2.25. The zero-order chi connectivity index (χ0) is 21.9. The number of hydrogen-bond donors (Lipinski definition) is 0. The third-order valence-electron chi connectivity index (χ3n) is 3.74. The van der Waals surface area contributed by atoms with Gasteiger partial charge in [-0.05, 0) is 49.2 Å². The van der Waals surface area contributed by atoms with Crippen LogP contribution in [0, 0.1) is 0 Å². The van der Waals surface area contributed by atoms with Gasteiger partial charge < -0.3 is 9.64 Å². The van der Waals surface area contributed by atoms with Gasteiger partial charge in [0.15, 0.2) is 0 Å². The second kappa shape index (κ2) is 12.7. The smallest absolute Gasteiger partial charge is 0.264 e. The third-order valence-corrected chi connectivity index (χ3v) is 5.09.